The number of likely N-dealkylation sites (tertiary alicyclic amines) is 1. The van der Waals surface area contributed by atoms with Gasteiger partial charge in [-0.1, -0.05) is 30.3 Å². The van der Waals surface area contributed by atoms with Crippen LogP contribution >= 0.6 is 0 Å². The largest absolute Gasteiger partial charge is 0.465 e. The van der Waals surface area contributed by atoms with Gasteiger partial charge in [-0.15, -0.1) is 0 Å². The summed E-state index contributed by atoms with van der Waals surface area (Å²) in [6.45, 7) is 3.22. The van der Waals surface area contributed by atoms with Gasteiger partial charge in [0, 0.05) is 51.7 Å². The van der Waals surface area contributed by atoms with Crippen LogP contribution in [0.2, 0.25) is 0 Å². The van der Waals surface area contributed by atoms with Gasteiger partial charge in [-0.25, -0.2) is 0 Å². The number of carbonyl (C=O) groups excluding carboxylic acids is 1. The lowest BCUT2D eigenvalue weighted by molar-refractivity contribution is -0.0805. The molecule has 2 aliphatic heterocycles. The van der Waals surface area contributed by atoms with E-state index in [0.717, 1.165) is 19.5 Å². The normalized spacial score (nSPS) is 22.0. The smallest absolute Gasteiger partial charge is 0.257 e. The van der Waals surface area contributed by atoms with Gasteiger partial charge in [-0.2, -0.15) is 0 Å². The summed E-state index contributed by atoms with van der Waals surface area (Å²) in [5.74, 6) is 0.334. The number of hydrogen-bond acceptors (Lipinski definition) is 5. The van der Waals surface area contributed by atoms with Gasteiger partial charge in [0.05, 0.1) is 11.8 Å². The highest BCUT2D eigenvalue weighted by Crippen LogP contribution is 2.35. The van der Waals surface area contributed by atoms with E-state index in [-0.39, 0.29) is 5.91 Å². The van der Waals surface area contributed by atoms with Gasteiger partial charge in [-0.05, 0) is 25.1 Å². The SMILES string of the molecule is CN(Cc1ccccc1)C1CCN(C(=O)c2ccoc2C2(O)CCOCC2)C1. The summed E-state index contributed by atoms with van der Waals surface area (Å²) in [7, 11) is 2.11. The van der Waals surface area contributed by atoms with Crippen LogP contribution in [-0.4, -0.2) is 60.2 Å². The first-order chi connectivity index (χ1) is 13.6. The van der Waals surface area contributed by atoms with Crippen LogP contribution in [0.15, 0.2) is 47.1 Å². The average molecular weight is 384 g/mol. The van der Waals surface area contributed by atoms with Gasteiger partial charge in [0.1, 0.15) is 11.4 Å². The van der Waals surface area contributed by atoms with Crippen LogP contribution in [0.1, 0.15) is 40.9 Å². The molecule has 1 atom stereocenters. The van der Waals surface area contributed by atoms with Gasteiger partial charge in [0.2, 0.25) is 0 Å². The van der Waals surface area contributed by atoms with Crippen LogP contribution in [0.5, 0.6) is 0 Å². The maximum absolute atomic E-state index is 13.1. The highest BCUT2D eigenvalue weighted by molar-refractivity contribution is 5.95. The van der Waals surface area contributed by atoms with Gasteiger partial charge in [-0.3, -0.25) is 9.69 Å². The Bertz CT molecular complexity index is 798. The zero-order valence-electron chi connectivity index (χ0n) is 16.3. The molecule has 4 rings (SSSR count). The molecule has 0 spiro atoms. The highest BCUT2D eigenvalue weighted by atomic mass is 16.5. The van der Waals surface area contributed by atoms with Crippen molar-refractivity contribution in [2.45, 2.75) is 37.5 Å². The van der Waals surface area contributed by atoms with E-state index in [1.54, 1.807) is 6.07 Å². The van der Waals surface area contributed by atoms with Crippen LogP contribution < -0.4 is 0 Å². The lowest BCUT2D eigenvalue weighted by atomic mass is 9.89. The molecule has 0 saturated carbocycles. The Balaban J connectivity index is 1.42. The van der Waals surface area contributed by atoms with E-state index in [9.17, 15) is 9.90 Å². The van der Waals surface area contributed by atoms with Crippen molar-refractivity contribution >= 4 is 5.91 Å². The van der Waals surface area contributed by atoms with E-state index in [4.69, 9.17) is 9.15 Å². The Hall–Kier alpha value is -2.15. The van der Waals surface area contributed by atoms with Crippen molar-refractivity contribution in [3.8, 4) is 0 Å². The monoisotopic (exact) mass is 384 g/mol. The number of ether oxygens (including phenoxy) is 1. The molecule has 1 amide bonds. The third-order valence-electron chi connectivity index (χ3n) is 5.99. The standard InChI is InChI=1S/C22H28N2O4/c1-23(15-17-5-3-2-4-6-17)18-7-11-24(16-18)21(25)19-8-12-28-20(19)22(26)9-13-27-14-10-22/h2-6,8,12,18,26H,7,9-11,13-16H2,1H3. The first-order valence-electron chi connectivity index (χ1n) is 9.98. The van der Waals surface area contributed by atoms with Crippen molar-refractivity contribution in [2.75, 3.05) is 33.4 Å². The van der Waals surface area contributed by atoms with Crippen LogP contribution in [-0.2, 0) is 16.9 Å². The van der Waals surface area contributed by atoms with E-state index in [2.05, 4.69) is 36.2 Å². The van der Waals surface area contributed by atoms with Crippen molar-refractivity contribution in [1.82, 2.24) is 9.80 Å². The fourth-order valence-corrected chi connectivity index (χ4v) is 4.23. The molecule has 2 saturated heterocycles. The fraction of sp³-hybridized carbons (Fsp3) is 0.500. The molecule has 2 aromatic rings. The second kappa shape index (κ2) is 8.07. The van der Waals surface area contributed by atoms with Gasteiger partial charge in [0.25, 0.3) is 5.91 Å². The summed E-state index contributed by atoms with van der Waals surface area (Å²) in [5.41, 5.74) is 0.639. The molecule has 0 bridgehead atoms. The number of aliphatic hydroxyl groups is 1. The van der Waals surface area contributed by atoms with E-state index < -0.39 is 5.60 Å². The van der Waals surface area contributed by atoms with Gasteiger partial charge < -0.3 is 19.2 Å². The molecule has 150 valence electrons. The average Bonchev–Trinajstić information content (AvgIpc) is 3.39. The molecule has 0 aliphatic carbocycles. The Morgan fingerprint density at radius 1 is 1.25 bits per heavy atom. The molecule has 3 heterocycles. The number of amides is 1. The maximum Gasteiger partial charge on any atom is 0.257 e. The molecule has 0 radical (unpaired) electrons. The van der Waals surface area contributed by atoms with E-state index in [1.165, 1.54) is 11.8 Å². The van der Waals surface area contributed by atoms with Gasteiger partial charge in [0.15, 0.2) is 0 Å². The maximum atomic E-state index is 13.1. The third kappa shape index (κ3) is 3.85. The number of hydrogen-bond donors (Lipinski definition) is 1. The Morgan fingerprint density at radius 2 is 2.00 bits per heavy atom. The predicted octanol–water partition coefficient (Wildman–Crippen LogP) is 2.62. The zero-order chi connectivity index (χ0) is 19.6. The predicted molar refractivity (Wildman–Crippen MR) is 105 cm³/mol. The van der Waals surface area contributed by atoms with Gasteiger partial charge >= 0.3 is 0 Å². The number of furan rings is 1. The van der Waals surface area contributed by atoms with E-state index >= 15 is 0 Å². The molecular weight excluding hydrogens is 356 g/mol. The minimum absolute atomic E-state index is 0.0562. The molecule has 1 aromatic carbocycles. The second-order valence-electron chi connectivity index (χ2n) is 7.90. The molecule has 2 fully saturated rings. The molecule has 6 nitrogen and oxygen atoms in total. The Kier molecular flexibility index (Phi) is 5.53. The molecule has 2 aliphatic rings. The quantitative estimate of drug-likeness (QED) is 0.858. The Labute approximate surface area is 165 Å². The minimum Gasteiger partial charge on any atom is -0.465 e. The summed E-state index contributed by atoms with van der Waals surface area (Å²) in [6.07, 6.45) is 3.35. The van der Waals surface area contributed by atoms with E-state index in [1.807, 2.05) is 11.0 Å². The zero-order valence-corrected chi connectivity index (χ0v) is 16.3. The number of likely N-dealkylation sites (N-methyl/N-ethyl adjacent to an activating group) is 1. The fourth-order valence-electron chi connectivity index (χ4n) is 4.23. The summed E-state index contributed by atoms with van der Waals surface area (Å²) < 4.78 is 10.9. The highest BCUT2D eigenvalue weighted by Gasteiger charge is 2.40. The van der Waals surface area contributed by atoms with E-state index in [0.29, 0.717) is 50.0 Å². The Morgan fingerprint density at radius 3 is 2.75 bits per heavy atom. The van der Waals surface area contributed by atoms with Crippen molar-refractivity contribution < 1.29 is 19.1 Å². The van der Waals surface area contributed by atoms with Crippen LogP contribution in [0.3, 0.4) is 0 Å². The molecule has 1 N–H and O–H groups in total. The molecule has 28 heavy (non-hydrogen) atoms. The first kappa shape index (κ1) is 19.2. The lowest BCUT2D eigenvalue weighted by Gasteiger charge is -2.31. The molecule has 6 heteroatoms. The third-order valence-corrected chi connectivity index (χ3v) is 5.99. The first-order valence-corrected chi connectivity index (χ1v) is 9.98. The van der Waals surface area contributed by atoms with Crippen LogP contribution in [0.25, 0.3) is 0 Å². The van der Waals surface area contributed by atoms with Crippen molar-refractivity contribution in [3.05, 3.63) is 59.5 Å². The summed E-state index contributed by atoms with van der Waals surface area (Å²) in [6, 6.07) is 12.4. The topological polar surface area (TPSA) is 66.2 Å². The second-order valence-corrected chi connectivity index (χ2v) is 7.90. The molecule has 1 aromatic heterocycles. The van der Waals surface area contributed by atoms with Crippen molar-refractivity contribution in [3.63, 3.8) is 0 Å². The van der Waals surface area contributed by atoms with Crippen LogP contribution in [0, 0.1) is 0 Å². The number of carbonyl (C=O) groups is 1. The molecular formula is C22H28N2O4. The van der Waals surface area contributed by atoms with Crippen molar-refractivity contribution in [1.29, 1.82) is 0 Å². The molecule has 1 unspecified atom stereocenters. The van der Waals surface area contributed by atoms with Crippen molar-refractivity contribution in [2.24, 2.45) is 0 Å². The summed E-state index contributed by atoms with van der Waals surface area (Å²) in [4.78, 5) is 17.3. The number of rotatable bonds is 5. The summed E-state index contributed by atoms with van der Waals surface area (Å²) in [5, 5.41) is 11.0. The number of benzene rings is 1. The minimum atomic E-state index is -1.12. The lowest BCUT2D eigenvalue weighted by Crippen LogP contribution is -2.38. The summed E-state index contributed by atoms with van der Waals surface area (Å²) >= 11 is 0. The number of nitrogens with zero attached hydrogens (tertiary/aromatic N) is 2. The van der Waals surface area contributed by atoms with Crippen LogP contribution in [0.4, 0.5) is 0 Å².